The zero-order valence-electron chi connectivity index (χ0n) is 21.8. The number of carbonyl (C=O) groups is 3. The summed E-state index contributed by atoms with van der Waals surface area (Å²) in [6.07, 6.45) is 1.63. The zero-order valence-corrected chi connectivity index (χ0v) is 21.8. The summed E-state index contributed by atoms with van der Waals surface area (Å²) in [6.45, 7) is 8.69. The maximum absolute atomic E-state index is 12.4. The first-order chi connectivity index (χ1) is 17.1. The predicted octanol–water partition coefficient (Wildman–Crippen LogP) is 2.82. The fourth-order valence-electron chi connectivity index (χ4n) is 4.21. The highest BCUT2D eigenvalue weighted by atomic mass is 16.6. The van der Waals surface area contributed by atoms with Gasteiger partial charge in [0.25, 0.3) is 0 Å². The summed E-state index contributed by atoms with van der Waals surface area (Å²) in [5.41, 5.74) is 1.56. The lowest BCUT2D eigenvalue weighted by atomic mass is 9.97. The van der Waals surface area contributed by atoms with E-state index in [0.29, 0.717) is 31.2 Å². The summed E-state index contributed by atoms with van der Waals surface area (Å²) >= 11 is 0. The van der Waals surface area contributed by atoms with Crippen LogP contribution in [0.25, 0.3) is 0 Å². The quantitative estimate of drug-likeness (QED) is 0.444. The third kappa shape index (κ3) is 7.20. The Balaban J connectivity index is 1.53. The Labute approximate surface area is 212 Å². The van der Waals surface area contributed by atoms with E-state index < -0.39 is 17.5 Å². The van der Waals surface area contributed by atoms with Crippen LogP contribution in [0.4, 0.5) is 10.5 Å². The van der Waals surface area contributed by atoms with Crippen molar-refractivity contribution in [1.82, 2.24) is 10.2 Å². The van der Waals surface area contributed by atoms with Crippen molar-refractivity contribution in [1.29, 1.82) is 0 Å². The van der Waals surface area contributed by atoms with Crippen LogP contribution in [-0.2, 0) is 35.1 Å². The number of esters is 2. The molecule has 0 saturated carbocycles. The minimum Gasteiger partial charge on any atom is -0.466 e. The van der Waals surface area contributed by atoms with Gasteiger partial charge >= 0.3 is 18.0 Å². The van der Waals surface area contributed by atoms with Gasteiger partial charge in [0.1, 0.15) is 18.0 Å². The van der Waals surface area contributed by atoms with Crippen molar-refractivity contribution in [2.75, 3.05) is 52.1 Å². The first kappa shape index (κ1) is 27.5. The highest BCUT2D eigenvalue weighted by Crippen LogP contribution is 2.27. The van der Waals surface area contributed by atoms with Crippen LogP contribution in [0.15, 0.2) is 35.5 Å². The Morgan fingerprint density at radius 1 is 1.03 bits per heavy atom. The average Bonchev–Trinajstić information content (AvgIpc) is 2.87. The van der Waals surface area contributed by atoms with Gasteiger partial charge in [-0.05, 0) is 63.8 Å². The molecule has 2 heterocycles. The van der Waals surface area contributed by atoms with Crippen LogP contribution in [-0.4, -0.2) is 75.7 Å². The number of amides is 1. The topological polar surface area (TPSA) is 107 Å². The number of anilines is 1. The van der Waals surface area contributed by atoms with E-state index in [-0.39, 0.29) is 30.7 Å². The molecule has 0 radical (unpaired) electrons. The third-order valence-electron chi connectivity index (χ3n) is 6.11. The van der Waals surface area contributed by atoms with E-state index in [0.717, 1.165) is 24.9 Å². The molecular formula is C26H37N3O7. The molecule has 2 aliphatic heterocycles. The van der Waals surface area contributed by atoms with Gasteiger partial charge in [-0.25, -0.2) is 14.4 Å². The van der Waals surface area contributed by atoms with E-state index in [2.05, 4.69) is 5.32 Å². The van der Waals surface area contributed by atoms with Crippen LogP contribution in [0.1, 0.15) is 39.2 Å². The summed E-state index contributed by atoms with van der Waals surface area (Å²) in [6, 6.07) is 7.69. The summed E-state index contributed by atoms with van der Waals surface area (Å²) < 4.78 is 20.7. The van der Waals surface area contributed by atoms with Crippen molar-refractivity contribution in [3.05, 3.63) is 41.1 Å². The Morgan fingerprint density at radius 2 is 1.67 bits per heavy atom. The second-order valence-corrected chi connectivity index (χ2v) is 9.92. The molecule has 1 amide bonds. The molecule has 0 atom stereocenters. The molecule has 1 aromatic rings. The van der Waals surface area contributed by atoms with Crippen LogP contribution >= 0.6 is 0 Å². The number of likely N-dealkylation sites (tertiary alicyclic amines) is 1. The van der Waals surface area contributed by atoms with E-state index in [4.69, 9.17) is 18.9 Å². The SMILES string of the molecule is COC(=O)C1=C(C(=O)OC)N(c2ccc(CNCC3CCN(C(=O)OC(C)(C)C)CC3)cc2)COC1. The molecule has 36 heavy (non-hydrogen) atoms. The summed E-state index contributed by atoms with van der Waals surface area (Å²) in [5, 5.41) is 3.50. The summed E-state index contributed by atoms with van der Waals surface area (Å²) in [5.74, 6) is -0.752. The monoisotopic (exact) mass is 503 g/mol. The molecule has 0 aromatic heterocycles. The Morgan fingerprint density at radius 3 is 2.25 bits per heavy atom. The first-order valence-corrected chi connectivity index (χ1v) is 12.2. The van der Waals surface area contributed by atoms with Gasteiger partial charge in [-0.3, -0.25) is 0 Å². The normalized spacial score (nSPS) is 17.1. The van der Waals surface area contributed by atoms with Crippen molar-refractivity contribution >= 4 is 23.7 Å². The van der Waals surface area contributed by atoms with Crippen molar-refractivity contribution in [3.63, 3.8) is 0 Å². The highest BCUT2D eigenvalue weighted by molar-refractivity contribution is 6.03. The molecule has 3 rings (SSSR count). The highest BCUT2D eigenvalue weighted by Gasteiger charge is 2.32. The second-order valence-electron chi connectivity index (χ2n) is 9.92. The number of rotatable bonds is 7. The van der Waals surface area contributed by atoms with Gasteiger partial charge < -0.3 is 34.1 Å². The van der Waals surface area contributed by atoms with E-state index in [1.165, 1.54) is 14.2 Å². The molecule has 10 nitrogen and oxygen atoms in total. The van der Waals surface area contributed by atoms with Gasteiger partial charge in [-0.1, -0.05) is 12.1 Å². The zero-order chi connectivity index (χ0) is 26.3. The molecule has 0 spiro atoms. The van der Waals surface area contributed by atoms with Gasteiger partial charge in [-0.15, -0.1) is 0 Å². The fourth-order valence-corrected chi connectivity index (χ4v) is 4.21. The number of methoxy groups -OCH3 is 2. The number of ether oxygens (including phenoxy) is 4. The van der Waals surface area contributed by atoms with Crippen LogP contribution in [0.2, 0.25) is 0 Å². The van der Waals surface area contributed by atoms with Crippen LogP contribution in [0.3, 0.4) is 0 Å². The van der Waals surface area contributed by atoms with E-state index >= 15 is 0 Å². The van der Waals surface area contributed by atoms with E-state index in [9.17, 15) is 14.4 Å². The number of hydrogen-bond donors (Lipinski definition) is 1. The predicted molar refractivity (Wildman–Crippen MR) is 133 cm³/mol. The minimum atomic E-state index is -0.627. The number of carbonyl (C=O) groups excluding carboxylic acids is 3. The maximum atomic E-state index is 12.4. The standard InChI is InChI=1S/C26H37N3O7/c1-26(2,3)36-25(32)28-12-10-19(11-13-28)15-27-14-18-6-8-20(9-7-18)29-17-35-16-21(23(30)33-4)22(29)24(31)34-5/h6-9,19,27H,10-17H2,1-5H3. The molecule has 1 saturated heterocycles. The Hall–Kier alpha value is -3.11. The first-order valence-electron chi connectivity index (χ1n) is 12.2. The van der Waals surface area contributed by atoms with Crippen LogP contribution in [0.5, 0.6) is 0 Å². The van der Waals surface area contributed by atoms with Gasteiger partial charge in [0.2, 0.25) is 0 Å². The maximum Gasteiger partial charge on any atom is 0.410 e. The molecule has 0 bridgehead atoms. The molecule has 1 fully saturated rings. The van der Waals surface area contributed by atoms with Crippen molar-refractivity contribution in [2.45, 2.75) is 45.8 Å². The van der Waals surface area contributed by atoms with Crippen LogP contribution in [0, 0.1) is 5.92 Å². The number of benzene rings is 1. The van der Waals surface area contributed by atoms with Gasteiger partial charge in [-0.2, -0.15) is 0 Å². The number of nitrogens with one attached hydrogen (secondary N) is 1. The largest absolute Gasteiger partial charge is 0.466 e. The Bertz CT molecular complexity index is 961. The molecule has 1 N–H and O–H groups in total. The minimum absolute atomic E-state index is 0.0215. The van der Waals surface area contributed by atoms with Gasteiger partial charge in [0, 0.05) is 25.3 Å². The van der Waals surface area contributed by atoms with Crippen molar-refractivity contribution in [2.24, 2.45) is 5.92 Å². The number of hydrogen-bond acceptors (Lipinski definition) is 9. The molecule has 198 valence electrons. The van der Waals surface area contributed by atoms with E-state index in [1.54, 1.807) is 9.80 Å². The molecule has 10 heteroatoms. The third-order valence-corrected chi connectivity index (χ3v) is 6.11. The lowest BCUT2D eigenvalue weighted by Crippen LogP contribution is -2.43. The molecular weight excluding hydrogens is 466 g/mol. The van der Waals surface area contributed by atoms with Crippen molar-refractivity contribution in [3.8, 4) is 0 Å². The molecule has 0 aliphatic carbocycles. The fraction of sp³-hybridized carbons (Fsp3) is 0.577. The Kier molecular flexibility index (Phi) is 9.33. The van der Waals surface area contributed by atoms with Crippen molar-refractivity contribution < 1.29 is 33.3 Å². The summed E-state index contributed by atoms with van der Waals surface area (Å²) in [7, 11) is 2.53. The molecule has 0 unspecified atom stereocenters. The van der Waals surface area contributed by atoms with Crippen LogP contribution < -0.4 is 10.2 Å². The second kappa shape index (κ2) is 12.2. The molecule has 2 aliphatic rings. The number of nitrogens with zero attached hydrogens (tertiary/aromatic N) is 2. The van der Waals surface area contributed by atoms with E-state index in [1.807, 2.05) is 45.0 Å². The summed E-state index contributed by atoms with van der Waals surface area (Å²) in [4.78, 5) is 40.2. The van der Waals surface area contributed by atoms with Gasteiger partial charge in [0.05, 0.1) is 26.4 Å². The lowest BCUT2D eigenvalue weighted by Gasteiger charge is -2.33. The lowest BCUT2D eigenvalue weighted by molar-refractivity contribution is -0.140. The number of piperidine rings is 1. The average molecular weight is 504 g/mol. The smallest absolute Gasteiger partial charge is 0.410 e. The molecule has 1 aromatic carbocycles. The van der Waals surface area contributed by atoms with Gasteiger partial charge in [0.15, 0.2) is 0 Å².